The fraction of sp³-hybridized carbons (Fsp3) is 0.867. The fourth-order valence-electron chi connectivity index (χ4n) is 3.67. The third-order valence-electron chi connectivity index (χ3n) is 5.14. The van der Waals surface area contributed by atoms with Crippen LogP contribution >= 0.6 is 0 Å². The maximum Gasteiger partial charge on any atom is 0.244 e. The molecule has 1 saturated carbocycles. The van der Waals surface area contributed by atoms with E-state index in [9.17, 15) is 0 Å². The molecule has 0 radical (unpaired) electrons. The molecule has 0 spiro atoms. The molecule has 0 bridgehead atoms. The molecule has 3 rings (SSSR count). The Morgan fingerprint density at radius 3 is 2.85 bits per heavy atom. The van der Waals surface area contributed by atoms with Gasteiger partial charge in [-0.2, -0.15) is 4.98 Å². The van der Waals surface area contributed by atoms with Crippen LogP contribution in [0, 0.1) is 5.92 Å². The second kappa shape index (κ2) is 5.72. The normalized spacial score (nSPS) is 26.7. The van der Waals surface area contributed by atoms with Crippen LogP contribution < -0.4 is 10.6 Å². The van der Waals surface area contributed by atoms with Crippen molar-refractivity contribution in [3.8, 4) is 0 Å². The zero-order valence-corrected chi connectivity index (χ0v) is 12.6. The number of anilines is 1. The second-order valence-corrected chi connectivity index (χ2v) is 6.80. The molecule has 0 aromatic carbocycles. The Kier molecular flexibility index (Phi) is 3.96. The second-order valence-electron chi connectivity index (χ2n) is 6.80. The summed E-state index contributed by atoms with van der Waals surface area (Å²) >= 11 is 0. The third kappa shape index (κ3) is 2.68. The number of aromatic amines is 1. The Balaban J connectivity index is 1.73. The summed E-state index contributed by atoms with van der Waals surface area (Å²) in [6.45, 7) is 5.16. The van der Waals surface area contributed by atoms with E-state index in [4.69, 9.17) is 10.7 Å². The third-order valence-corrected chi connectivity index (χ3v) is 5.14. The first-order chi connectivity index (χ1) is 9.71. The van der Waals surface area contributed by atoms with Crippen LogP contribution in [0.2, 0.25) is 0 Å². The van der Waals surface area contributed by atoms with E-state index in [1.165, 1.54) is 44.9 Å². The van der Waals surface area contributed by atoms with Crippen LogP contribution in [-0.4, -0.2) is 34.8 Å². The molecule has 5 heteroatoms. The molecule has 5 nitrogen and oxygen atoms in total. The molecule has 1 atom stereocenters. The molecular weight excluding hydrogens is 250 g/mol. The fourth-order valence-corrected chi connectivity index (χ4v) is 3.67. The maximum atomic E-state index is 5.81. The molecule has 1 saturated heterocycles. The molecule has 2 fully saturated rings. The van der Waals surface area contributed by atoms with Crippen molar-refractivity contribution >= 4 is 5.95 Å². The van der Waals surface area contributed by atoms with E-state index >= 15 is 0 Å². The van der Waals surface area contributed by atoms with E-state index in [1.54, 1.807) is 0 Å². The van der Waals surface area contributed by atoms with Gasteiger partial charge in [0.1, 0.15) is 5.82 Å². The van der Waals surface area contributed by atoms with Crippen molar-refractivity contribution < 1.29 is 0 Å². The number of hydrogen-bond acceptors (Lipinski definition) is 4. The summed E-state index contributed by atoms with van der Waals surface area (Å²) in [6, 6.07) is 0. The van der Waals surface area contributed by atoms with Crippen molar-refractivity contribution in [2.45, 2.75) is 57.3 Å². The number of H-pyrrole nitrogens is 1. The Morgan fingerprint density at radius 2 is 2.10 bits per heavy atom. The van der Waals surface area contributed by atoms with Crippen LogP contribution in [0.4, 0.5) is 5.95 Å². The molecule has 2 heterocycles. The van der Waals surface area contributed by atoms with Crippen molar-refractivity contribution in [3.63, 3.8) is 0 Å². The molecule has 3 N–H and O–H groups in total. The quantitative estimate of drug-likeness (QED) is 0.888. The Hall–Kier alpha value is -1.10. The first-order valence-electron chi connectivity index (χ1n) is 8.09. The summed E-state index contributed by atoms with van der Waals surface area (Å²) in [4.78, 5) is 7.12. The van der Waals surface area contributed by atoms with Crippen molar-refractivity contribution in [2.75, 3.05) is 24.5 Å². The van der Waals surface area contributed by atoms with Crippen LogP contribution in [0.25, 0.3) is 0 Å². The minimum absolute atomic E-state index is 0.201. The lowest BCUT2D eigenvalue weighted by Crippen LogP contribution is -2.39. The van der Waals surface area contributed by atoms with Crippen molar-refractivity contribution in [2.24, 2.45) is 11.7 Å². The van der Waals surface area contributed by atoms with E-state index in [2.05, 4.69) is 22.0 Å². The molecule has 20 heavy (non-hydrogen) atoms. The van der Waals surface area contributed by atoms with E-state index in [0.717, 1.165) is 31.4 Å². The SMILES string of the molecule is CC1(c2nc(N3CCCC(CN)C3)n[nH]2)CCCCC1. The number of hydrogen-bond donors (Lipinski definition) is 2. The predicted molar refractivity (Wildman–Crippen MR) is 80.8 cm³/mol. The Morgan fingerprint density at radius 1 is 1.30 bits per heavy atom. The van der Waals surface area contributed by atoms with Crippen molar-refractivity contribution in [1.82, 2.24) is 15.2 Å². The predicted octanol–water partition coefficient (Wildman–Crippen LogP) is 2.20. The molecule has 112 valence electrons. The van der Waals surface area contributed by atoms with Gasteiger partial charge in [-0.25, -0.2) is 0 Å². The van der Waals surface area contributed by atoms with Gasteiger partial charge in [0.2, 0.25) is 5.95 Å². The van der Waals surface area contributed by atoms with Gasteiger partial charge in [-0.05, 0) is 38.1 Å². The largest absolute Gasteiger partial charge is 0.339 e. The zero-order chi connectivity index (χ0) is 14.0. The standard InChI is InChI=1S/C15H27N5/c1-15(7-3-2-4-8-15)13-17-14(19-18-13)20-9-5-6-12(10-16)11-20/h12H,2-11,16H2,1H3,(H,17,18,19). The number of aromatic nitrogens is 3. The lowest BCUT2D eigenvalue weighted by atomic mass is 9.75. The lowest BCUT2D eigenvalue weighted by Gasteiger charge is -2.32. The van der Waals surface area contributed by atoms with Gasteiger partial charge in [-0.15, -0.1) is 5.10 Å². The molecular formula is C15H27N5. The topological polar surface area (TPSA) is 70.8 Å². The maximum absolute atomic E-state index is 5.81. The highest BCUT2D eigenvalue weighted by atomic mass is 15.4. The van der Waals surface area contributed by atoms with E-state index < -0.39 is 0 Å². The van der Waals surface area contributed by atoms with Crippen LogP contribution in [-0.2, 0) is 5.41 Å². The first kappa shape index (κ1) is 13.9. The van der Waals surface area contributed by atoms with Gasteiger partial charge in [0.25, 0.3) is 0 Å². The first-order valence-corrected chi connectivity index (χ1v) is 8.09. The number of piperidine rings is 1. The molecule has 2 aliphatic rings. The summed E-state index contributed by atoms with van der Waals surface area (Å²) in [5.74, 6) is 2.56. The average molecular weight is 277 g/mol. The minimum Gasteiger partial charge on any atom is -0.339 e. The molecule has 1 aliphatic heterocycles. The monoisotopic (exact) mass is 277 g/mol. The van der Waals surface area contributed by atoms with Gasteiger partial charge in [0.15, 0.2) is 0 Å². The average Bonchev–Trinajstić information content (AvgIpc) is 2.99. The molecule has 0 amide bonds. The summed E-state index contributed by atoms with van der Waals surface area (Å²) in [6.07, 6.45) is 8.88. The Bertz CT molecular complexity index is 435. The van der Waals surface area contributed by atoms with E-state index in [-0.39, 0.29) is 5.41 Å². The van der Waals surface area contributed by atoms with E-state index in [1.807, 2.05) is 0 Å². The molecule has 1 aromatic heterocycles. The van der Waals surface area contributed by atoms with Crippen LogP contribution in [0.3, 0.4) is 0 Å². The minimum atomic E-state index is 0.201. The number of nitrogens with zero attached hydrogens (tertiary/aromatic N) is 3. The number of nitrogens with two attached hydrogens (primary N) is 1. The Labute approximate surface area is 121 Å². The highest BCUT2D eigenvalue weighted by Gasteiger charge is 2.33. The summed E-state index contributed by atoms with van der Waals surface area (Å²) in [5.41, 5.74) is 6.01. The molecule has 1 unspecified atom stereocenters. The summed E-state index contributed by atoms with van der Waals surface area (Å²) in [5, 5.41) is 7.69. The van der Waals surface area contributed by atoms with Crippen LogP contribution in [0.1, 0.15) is 57.7 Å². The number of nitrogens with one attached hydrogen (secondary N) is 1. The van der Waals surface area contributed by atoms with Crippen molar-refractivity contribution in [1.29, 1.82) is 0 Å². The van der Waals surface area contributed by atoms with Crippen LogP contribution in [0.5, 0.6) is 0 Å². The zero-order valence-electron chi connectivity index (χ0n) is 12.6. The van der Waals surface area contributed by atoms with Gasteiger partial charge in [-0.3, -0.25) is 5.10 Å². The lowest BCUT2D eigenvalue weighted by molar-refractivity contribution is 0.304. The van der Waals surface area contributed by atoms with Crippen LogP contribution in [0.15, 0.2) is 0 Å². The molecule has 1 aromatic rings. The summed E-state index contributed by atoms with van der Waals surface area (Å²) < 4.78 is 0. The smallest absolute Gasteiger partial charge is 0.244 e. The number of rotatable bonds is 3. The molecule has 1 aliphatic carbocycles. The highest BCUT2D eigenvalue weighted by molar-refractivity contribution is 5.31. The highest BCUT2D eigenvalue weighted by Crippen LogP contribution is 2.37. The van der Waals surface area contributed by atoms with Gasteiger partial charge < -0.3 is 10.6 Å². The van der Waals surface area contributed by atoms with Gasteiger partial charge in [0, 0.05) is 18.5 Å². The summed E-state index contributed by atoms with van der Waals surface area (Å²) in [7, 11) is 0. The van der Waals surface area contributed by atoms with Gasteiger partial charge >= 0.3 is 0 Å². The van der Waals surface area contributed by atoms with Gasteiger partial charge in [-0.1, -0.05) is 26.2 Å². The van der Waals surface area contributed by atoms with E-state index in [0.29, 0.717) is 5.92 Å². The van der Waals surface area contributed by atoms with Gasteiger partial charge in [0.05, 0.1) is 0 Å². The van der Waals surface area contributed by atoms with Crippen molar-refractivity contribution in [3.05, 3.63) is 5.82 Å².